The Balaban J connectivity index is 3.57. The van der Waals surface area contributed by atoms with E-state index in [1.54, 1.807) is 6.07 Å². The molecule has 21 heavy (non-hydrogen) atoms. The molecule has 6 nitrogen and oxygen atoms in total. The van der Waals surface area contributed by atoms with E-state index in [9.17, 15) is 28.1 Å². The summed E-state index contributed by atoms with van der Waals surface area (Å²) in [6.45, 7) is 1.30. The maximum absolute atomic E-state index is 12.5. The number of nitro groups is 1. The minimum Gasteiger partial charge on any atom is -0.462 e. The number of carbonyl (C=O) groups is 1. The summed E-state index contributed by atoms with van der Waals surface area (Å²) in [5.74, 6) is -1.16. The van der Waals surface area contributed by atoms with Crippen LogP contribution in [-0.4, -0.2) is 23.0 Å². The van der Waals surface area contributed by atoms with Crippen LogP contribution in [0.2, 0.25) is 0 Å². The topological polar surface area (TPSA) is 93.2 Å². The number of alkyl halides is 3. The van der Waals surface area contributed by atoms with Gasteiger partial charge in [-0.2, -0.15) is 18.4 Å². The molecule has 0 unspecified atom stereocenters. The lowest BCUT2D eigenvalue weighted by Crippen LogP contribution is -2.11. The van der Waals surface area contributed by atoms with Crippen molar-refractivity contribution >= 4 is 23.4 Å². The van der Waals surface area contributed by atoms with Crippen molar-refractivity contribution in [2.75, 3.05) is 6.61 Å². The molecule has 0 bridgehead atoms. The van der Waals surface area contributed by atoms with Gasteiger partial charge in [0.1, 0.15) is 4.90 Å². The van der Waals surface area contributed by atoms with Crippen molar-refractivity contribution < 1.29 is 27.6 Å². The van der Waals surface area contributed by atoms with E-state index in [1.807, 2.05) is 0 Å². The van der Waals surface area contributed by atoms with Crippen molar-refractivity contribution in [3.05, 3.63) is 33.4 Å². The van der Waals surface area contributed by atoms with Crippen LogP contribution in [0, 0.1) is 21.4 Å². The van der Waals surface area contributed by atoms with Crippen molar-refractivity contribution in [1.29, 1.82) is 5.26 Å². The SMILES string of the molecule is CCOC(=O)c1cc(C#N)cc([N+](=O)[O-])c1SC(F)(F)F. The average Bonchev–Trinajstić information content (AvgIpc) is 2.36. The Kier molecular flexibility index (Phi) is 5.15. The number of benzene rings is 1. The smallest absolute Gasteiger partial charge is 0.446 e. The van der Waals surface area contributed by atoms with Crippen LogP contribution < -0.4 is 0 Å². The molecule has 112 valence electrons. The molecule has 0 atom stereocenters. The summed E-state index contributed by atoms with van der Waals surface area (Å²) in [5.41, 5.74) is -6.78. The monoisotopic (exact) mass is 320 g/mol. The van der Waals surface area contributed by atoms with E-state index in [4.69, 9.17) is 5.26 Å². The first kappa shape index (κ1) is 16.8. The summed E-state index contributed by atoms with van der Waals surface area (Å²) in [5, 5.41) is 19.6. The molecule has 10 heteroatoms. The maximum Gasteiger partial charge on any atom is 0.446 e. The third kappa shape index (κ3) is 4.35. The Morgan fingerprint density at radius 1 is 1.52 bits per heavy atom. The van der Waals surface area contributed by atoms with E-state index < -0.39 is 44.3 Å². The van der Waals surface area contributed by atoms with Crippen LogP contribution in [0.4, 0.5) is 18.9 Å². The number of rotatable bonds is 4. The van der Waals surface area contributed by atoms with Crippen LogP contribution in [0.15, 0.2) is 17.0 Å². The van der Waals surface area contributed by atoms with Gasteiger partial charge in [0, 0.05) is 6.07 Å². The van der Waals surface area contributed by atoms with Gasteiger partial charge in [0.2, 0.25) is 0 Å². The van der Waals surface area contributed by atoms with Crippen molar-refractivity contribution in [2.24, 2.45) is 0 Å². The molecule has 0 heterocycles. The maximum atomic E-state index is 12.5. The van der Waals surface area contributed by atoms with Gasteiger partial charge in [-0.1, -0.05) is 0 Å². The van der Waals surface area contributed by atoms with Crippen molar-refractivity contribution in [1.82, 2.24) is 0 Å². The van der Waals surface area contributed by atoms with Crippen LogP contribution in [0.1, 0.15) is 22.8 Å². The molecule has 1 aromatic rings. The summed E-state index contributed by atoms with van der Waals surface area (Å²) >= 11 is -0.796. The van der Waals surface area contributed by atoms with E-state index in [0.29, 0.717) is 6.07 Å². The van der Waals surface area contributed by atoms with Gasteiger partial charge in [-0.3, -0.25) is 10.1 Å². The zero-order valence-corrected chi connectivity index (χ0v) is 11.2. The second kappa shape index (κ2) is 6.45. The number of thioether (sulfide) groups is 1. The Bertz CT molecular complexity index is 625. The fourth-order valence-corrected chi connectivity index (χ4v) is 2.12. The Morgan fingerprint density at radius 2 is 2.14 bits per heavy atom. The number of hydrogen-bond donors (Lipinski definition) is 0. The molecule has 0 saturated heterocycles. The molecule has 0 N–H and O–H groups in total. The molecule has 1 aromatic carbocycles. The van der Waals surface area contributed by atoms with Crippen LogP contribution in [0.5, 0.6) is 0 Å². The number of esters is 1. The highest BCUT2D eigenvalue weighted by Crippen LogP contribution is 2.43. The van der Waals surface area contributed by atoms with Gasteiger partial charge in [0.05, 0.1) is 28.7 Å². The molecular weight excluding hydrogens is 313 g/mol. The second-order valence-electron chi connectivity index (χ2n) is 3.51. The molecule has 1 rings (SSSR count). The number of nitrogens with zero attached hydrogens (tertiary/aromatic N) is 2. The molecule has 0 aliphatic rings. The van der Waals surface area contributed by atoms with Crippen molar-refractivity contribution in [2.45, 2.75) is 17.3 Å². The van der Waals surface area contributed by atoms with Gasteiger partial charge in [0.25, 0.3) is 5.69 Å². The third-order valence-corrected chi connectivity index (χ3v) is 2.97. The average molecular weight is 320 g/mol. The number of carbonyl (C=O) groups excluding carboxylic acids is 1. The first-order valence-electron chi connectivity index (χ1n) is 5.35. The zero-order chi connectivity index (χ0) is 16.2. The van der Waals surface area contributed by atoms with Crippen LogP contribution >= 0.6 is 11.8 Å². The van der Waals surface area contributed by atoms with E-state index in [2.05, 4.69) is 4.74 Å². The van der Waals surface area contributed by atoms with Crippen LogP contribution in [0.25, 0.3) is 0 Å². The quantitative estimate of drug-likeness (QED) is 0.366. The first-order valence-corrected chi connectivity index (χ1v) is 6.16. The molecule has 0 aliphatic carbocycles. The molecule has 0 fully saturated rings. The standard InChI is InChI=1S/C11H7F3N2O4S/c1-2-20-10(17)7-3-6(5-15)4-8(16(18)19)9(7)21-11(12,13)14/h3-4H,2H2,1H3. The van der Waals surface area contributed by atoms with Crippen molar-refractivity contribution in [3.63, 3.8) is 0 Å². The highest BCUT2D eigenvalue weighted by atomic mass is 32.2. The highest BCUT2D eigenvalue weighted by molar-refractivity contribution is 8.00. The number of ether oxygens (including phenoxy) is 1. The summed E-state index contributed by atoms with van der Waals surface area (Å²) < 4.78 is 42.1. The predicted molar refractivity (Wildman–Crippen MR) is 65.7 cm³/mol. The largest absolute Gasteiger partial charge is 0.462 e. The molecule has 0 amide bonds. The summed E-state index contributed by atoms with van der Waals surface area (Å²) in [4.78, 5) is 20.5. The second-order valence-corrected chi connectivity index (χ2v) is 4.58. The molecule has 0 spiro atoms. The summed E-state index contributed by atoms with van der Waals surface area (Å²) in [6.07, 6.45) is 0. The molecule has 0 radical (unpaired) electrons. The number of nitriles is 1. The third-order valence-electron chi connectivity index (χ3n) is 2.11. The normalized spacial score (nSPS) is 10.8. The molecule has 0 aliphatic heterocycles. The van der Waals surface area contributed by atoms with Crippen molar-refractivity contribution in [3.8, 4) is 6.07 Å². The Morgan fingerprint density at radius 3 is 2.57 bits per heavy atom. The lowest BCUT2D eigenvalue weighted by molar-refractivity contribution is -0.387. The van der Waals surface area contributed by atoms with Gasteiger partial charge in [-0.05, 0) is 24.8 Å². The predicted octanol–water partition coefficient (Wildman–Crippen LogP) is 3.26. The van der Waals surface area contributed by atoms with E-state index in [0.717, 1.165) is 6.07 Å². The summed E-state index contributed by atoms with van der Waals surface area (Å²) in [7, 11) is 0. The minimum atomic E-state index is -4.83. The summed E-state index contributed by atoms with van der Waals surface area (Å²) in [6, 6.07) is 3.06. The fraction of sp³-hybridized carbons (Fsp3) is 0.273. The number of hydrogen-bond acceptors (Lipinski definition) is 6. The van der Waals surface area contributed by atoms with E-state index >= 15 is 0 Å². The van der Waals surface area contributed by atoms with Gasteiger partial charge in [0.15, 0.2) is 0 Å². The molecular formula is C11H7F3N2O4S. The van der Waals surface area contributed by atoms with E-state index in [-0.39, 0.29) is 12.2 Å². The lowest BCUT2D eigenvalue weighted by Gasteiger charge is -2.11. The first-order chi connectivity index (χ1) is 9.69. The van der Waals surface area contributed by atoms with Gasteiger partial charge in [-0.15, -0.1) is 0 Å². The van der Waals surface area contributed by atoms with Gasteiger partial charge in [-0.25, -0.2) is 4.79 Å². The number of halogens is 3. The highest BCUT2D eigenvalue weighted by Gasteiger charge is 2.36. The molecule has 0 saturated carbocycles. The minimum absolute atomic E-state index is 0.125. The number of nitro benzene ring substituents is 1. The van der Waals surface area contributed by atoms with Gasteiger partial charge < -0.3 is 4.74 Å². The van der Waals surface area contributed by atoms with Crippen LogP contribution in [0.3, 0.4) is 0 Å². The zero-order valence-electron chi connectivity index (χ0n) is 10.4. The molecule has 0 aromatic heterocycles. The Hall–Kier alpha value is -2.28. The fourth-order valence-electron chi connectivity index (χ4n) is 1.40. The lowest BCUT2D eigenvalue weighted by atomic mass is 10.1. The van der Waals surface area contributed by atoms with Gasteiger partial charge >= 0.3 is 11.5 Å². The Labute approximate surface area is 120 Å². The van der Waals surface area contributed by atoms with Crippen LogP contribution in [-0.2, 0) is 4.74 Å². The van der Waals surface area contributed by atoms with E-state index in [1.165, 1.54) is 6.92 Å².